The topological polar surface area (TPSA) is 22.0 Å². The maximum Gasteiger partial charge on any atom is 0.269 e. The van der Waals surface area contributed by atoms with Gasteiger partial charge in [0.2, 0.25) is 0 Å². The molecular formula is C27H21NOS. The Hall–Kier alpha value is -3.43. The van der Waals surface area contributed by atoms with Gasteiger partial charge in [0, 0.05) is 15.8 Å². The van der Waals surface area contributed by atoms with Crippen molar-refractivity contribution >= 4 is 21.4 Å². The molecule has 0 fully saturated rings. The number of aryl methyl sites for hydroxylation is 1. The Labute approximate surface area is 179 Å². The van der Waals surface area contributed by atoms with E-state index in [0.717, 1.165) is 42.9 Å². The van der Waals surface area contributed by atoms with E-state index in [1.54, 1.807) is 11.3 Å². The summed E-state index contributed by atoms with van der Waals surface area (Å²) in [6.45, 7) is 2.61. The van der Waals surface area contributed by atoms with Gasteiger partial charge in [-0.25, -0.2) is 0 Å². The third-order valence-corrected chi connectivity index (χ3v) is 6.40. The Morgan fingerprint density at radius 2 is 1.33 bits per heavy atom. The minimum atomic E-state index is 0.0745. The Bertz CT molecular complexity index is 1370. The zero-order valence-corrected chi connectivity index (χ0v) is 17.5. The van der Waals surface area contributed by atoms with Crippen LogP contribution < -0.4 is 5.56 Å². The van der Waals surface area contributed by atoms with Crippen molar-refractivity contribution in [3.8, 4) is 22.4 Å². The van der Waals surface area contributed by atoms with E-state index in [1.807, 2.05) is 47.0 Å². The minimum Gasteiger partial charge on any atom is -0.302 e. The Kier molecular flexibility index (Phi) is 4.82. The molecule has 5 rings (SSSR count). The van der Waals surface area contributed by atoms with Crippen molar-refractivity contribution in [2.75, 3.05) is 0 Å². The fourth-order valence-corrected chi connectivity index (χ4v) is 5.02. The van der Waals surface area contributed by atoms with E-state index in [-0.39, 0.29) is 5.56 Å². The fourth-order valence-electron chi connectivity index (χ4n) is 4.06. The summed E-state index contributed by atoms with van der Waals surface area (Å²) in [4.78, 5) is 14.8. The predicted octanol–water partition coefficient (Wildman–Crippen LogP) is 6.75. The van der Waals surface area contributed by atoms with Crippen LogP contribution in [0.2, 0.25) is 0 Å². The third kappa shape index (κ3) is 3.27. The number of hydrogen-bond donors (Lipinski definition) is 0. The molecule has 0 unspecified atom stereocenters. The lowest BCUT2D eigenvalue weighted by atomic mass is 9.95. The summed E-state index contributed by atoms with van der Waals surface area (Å²) in [6.07, 6.45) is 0. The van der Waals surface area contributed by atoms with Gasteiger partial charge in [-0.15, -0.1) is 11.3 Å². The number of benzene rings is 3. The Balaban J connectivity index is 1.92. The average molecular weight is 408 g/mol. The molecule has 0 saturated heterocycles. The first-order chi connectivity index (χ1) is 14.7. The highest BCUT2D eigenvalue weighted by Gasteiger charge is 2.21. The van der Waals surface area contributed by atoms with Crippen molar-refractivity contribution in [3.05, 3.63) is 118 Å². The van der Waals surface area contributed by atoms with Crippen molar-refractivity contribution in [2.24, 2.45) is 0 Å². The highest BCUT2D eigenvalue weighted by atomic mass is 32.1. The van der Waals surface area contributed by atoms with Gasteiger partial charge in [-0.2, -0.15) is 0 Å². The molecule has 146 valence electrons. The molecule has 3 aromatic carbocycles. The molecule has 3 heteroatoms. The van der Waals surface area contributed by atoms with Gasteiger partial charge in [0.1, 0.15) is 4.70 Å². The van der Waals surface area contributed by atoms with Crippen molar-refractivity contribution < 1.29 is 0 Å². The number of rotatable bonds is 4. The van der Waals surface area contributed by atoms with Crippen molar-refractivity contribution in [2.45, 2.75) is 13.5 Å². The zero-order valence-electron chi connectivity index (χ0n) is 16.7. The number of thiophene rings is 1. The van der Waals surface area contributed by atoms with Crippen LogP contribution in [0.25, 0.3) is 32.5 Å². The molecule has 0 atom stereocenters. The summed E-state index contributed by atoms with van der Waals surface area (Å²) in [5, 5.41) is 1.04. The van der Waals surface area contributed by atoms with Crippen molar-refractivity contribution in [1.82, 2.24) is 4.57 Å². The van der Waals surface area contributed by atoms with Crippen LogP contribution in [0.4, 0.5) is 0 Å². The first-order valence-electron chi connectivity index (χ1n) is 10.0. The van der Waals surface area contributed by atoms with Crippen LogP contribution >= 0.6 is 11.3 Å². The molecule has 0 N–H and O–H groups in total. The number of hydrogen-bond acceptors (Lipinski definition) is 2. The van der Waals surface area contributed by atoms with Gasteiger partial charge < -0.3 is 4.57 Å². The maximum atomic E-state index is 13.7. The maximum absolute atomic E-state index is 13.7. The molecule has 0 bridgehead atoms. The minimum absolute atomic E-state index is 0.0745. The molecule has 0 aliphatic carbocycles. The van der Waals surface area contributed by atoms with Crippen molar-refractivity contribution in [3.63, 3.8) is 0 Å². The van der Waals surface area contributed by atoms with Gasteiger partial charge in [-0.1, -0.05) is 91.0 Å². The molecule has 0 radical (unpaired) electrons. The lowest BCUT2D eigenvalue weighted by Gasteiger charge is -2.19. The van der Waals surface area contributed by atoms with E-state index in [2.05, 4.69) is 61.5 Å². The zero-order chi connectivity index (χ0) is 20.5. The molecule has 0 saturated carbocycles. The smallest absolute Gasteiger partial charge is 0.269 e. The quantitative estimate of drug-likeness (QED) is 0.323. The van der Waals surface area contributed by atoms with Crippen LogP contribution in [0.1, 0.15) is 10.4 Å². The fraction of sp³-hybridized carbons (Fsp3) is 0.0741. The summed E-state index contributed by atoms with van der Waals surface area (Å²) >= 11 is 1.58. The van der Waals surface area contributed by atoms with Gasteiger partial charge >= 0.3 is 0 Å². The Morgan fingerprint density at radius 1 is 0.767 bits per heavy atom. The van der Waals surface area contributed by atoms with Gasteiger partial charge in [-0.3, -0.25) is 4.79 Å². The summed E-state index contributed by atoms with van der Waals surface area (Å²) in [7, 11) is 0. The molecule has 0 amide bonds. The normalized spacial score (nSPS) is 11.1. The summed E-state index contributed by atoms with van der Waals surface area (Å²) < 4.78 is 2.77. The predicted molar refractivity (Wildman–Crippen MR) is 127 cm³/mol. The van der Waals surface area contributed by atoms with E-state index in [9.17, 15) is 4.79 Å². The van der Waals surface area contributed by atoms with E-state index in [1.165, 1.54) is 0 Å². The van der Waals surface area contributed by atoms with Crippen LogP contribution in [0.15, 0.2) is 102 Å². The van der Waals surface area contributed by atoms with Gasteiger partial charge in [0.15, 0.2) is 0 Å². The molecule has 0 aliphatic heterocycles. The lowest BCUT2D eigenvalue weighted by molar-refractivity contribution is 0.779. The second-order valence-electron chi connectivity index (χ2n) is 7.43. The van der Waals surface area contributed by atoms with Gasteiger partial charge in [-0.05, 0) is 29.7 Å². The molecular weight excluding hydrogens is 386 g/mol. The van der Waals surface area contributed by atoms with E-state index in [0.29, 0.717) is 6.54 Å². The van der Waals surface area contributed by atoms with E-state index in [4.69, 9.17) is 0 Å². The molecule has 30 heavy (non-hydrogen) atoms. The van der Waals surface area contributed by atoms with Crippen molar-refractivity contribution in [1.29, 1.82) is 0 Å². The summed E-state index contributed by atoms with van der Waals surface area (Å²) in [5.74, 6) is 0. The van der Waals surface area contributed by atoms with Crippen LogP contribution in [-0.2, 0) is 6.54 Å². The monoisotopic (exact) mass is 407 g/mol. The SMILES string of the molecule is Cc1cc2c(-c3ccccc3)c(-c3ccccc3)n(Cc3ccccc3)c(=O)c2s1. The van der Waals surface area contributed by atoms with Crippen LogP contribution in [0.5, 0.6) is 0 Å². The number of aromatic nitrogens is 1. The molecule has 0 aliphatic rings. The van der Waals surface area contributed by atoms with Gasteiger partial charge in [0.05, 0.1) is 12.2 Å². The van der Waals surface area contributed by atoms with E-state index < -0.39 is 0 Å². The van der Waals surface area contributed by atoms with Crippen LogP contribution in [0, 0.1) is 6.92 Å². The van der Waals surface area contributed by atoms with Crippen LogP contribution in [0.3, 0.4) is 0 Å². The summed E-state index contributed by atoms with van der Waals surface area (Å²) in [5.41, 5.74) is 5.46. The largest absolute Gasteiger partial charge is 0.302 e. The Morgan fingerprint density at radius 3 is 1.97 bits per heavy atom. The molecule has 0 spiro atoms. The van der Waals surface area contributed by atoms with E-state index >= 15 is 0 Å². The average Bonchev–Trinajstić information content (AvgIpc) is 3.19. The first-order valence-corrected chi connectivity index (χ1v) is 10.9. The number of pyridine rings is 1. The second-order valence-corrected chi connectivity index (χ2v) is 8.69. The standard InChI is InChI=1S/C27H21NOS/c1-19-17-23-24(21-13-7-3-8-14-21)25(22-15-9-4-10-16-22)28(27(29)26(23)30-19)18-20-11-5-2-6-12-20/h2-17H,18H2,1H3. The highest BCUT2D eigenvalue weighted by molar-refractivity contribution is 7.19. The lowest BCUT2D eigenvalue weighted by Crippen LogP contribution is -2.23. The third-order valence-electron chi connectivity index (χ3n) is 5.36. The summed E-state index contributed by atoms with van der Waals surface area (Å²) in [6, 6.07) is 33.0. The van der Waals surface area contributed by atoms with Gasteiger partial charge in [0.25, 0.3) is 5.56 Å². The number of fused-ring (bicyclic) bond motifs is 1. The molecule has 2 nitrogen and oxygen atoms in total. The molecule has 5 aromatic rings. The van der Waals surface area contributed by atoms with Crippen LogP contribution in [-0.4, -0.2) is 4.57 Å². The second kappa shape index (κ2) is 7.77. The molecule has 2 aromatic heterocycles. The molecule has 2 heterocycles. The number of nitrogens with zero attached hydrogens (tertiary/aromatic N) is 1. The first kappa shape index (κ1) is 18.6. The highest BCUT2D eigenvalue weighted by Crippen LogP contribution is 2.39.